The van der Waals surface area contributed by atoms with Crippen molar-refractivity contribution in [1.82, 2.24) is 4.90 Å². The number of likely N-dealkylation sites (tertiary alicyclic amines) is 1. The second kappa shape index (κ2) is 12.4. The van der Waals surface area contributed by atoms with Crippen molar-refractivity contribution in [3.05, 3.63) is 129 Å². The van der Waals surface area contributed by atoms with E-state index in [9.17, 15) is 19.5 Å². The Labute approximate surface area is 298 Å². The van der Waals surface area contributed by atoms with E-state index in [2.05, 4.69) is 0 Å². The summed E-state index contributed by atoms with van der Waals surface area (Å²) in [7, 11) is 1.47. The largest absolute Gasteiger partial charge is 0.504 e. The molecule has 2 aliphatic heterocycles. The number of thiophene rings is 1. The van der Waals surface area contributed by atoms with Crippen LogP contribution >= 0.6 is 22.9 Å². The molecule has 2 saturated heterocycles. The number of rotatable bonds is 7. The van der Waals surface area contributed by atoms with Crippen LogP contribution in [0.1, 0.15) is 28.8 Å². The quantitative estimate of drug-likeness (QED) is 0.164. The van der Waals surface area contributed by atoms with Crippen LogP contribution in [0.3, 0.4) is 0 Å². The first-order valence-corrected chi connectivity index (χ1v) is 17.8. The van der Waals surface area contributed by atoms with Crippen LogP contribution in [0.4, 0.5) is 5.69 Å². The number of methoxy groups -OCH3 is 1. The summed E-state index contributed by atoms with van der Waals surface area (Å²) in [6.07, 6.45) is 6.44. The highest BCUT2D eigenvalue weighted by molar-refractivity contribution is 7.09. The van der Waals surface area contributed by atoms with E-state index in [0.717, 1.165) is 10.5 Å². The summed E-state index contributed by atoms with van der Waals surface area (Å²) in [5, 5.41) is 12.6. The molecule has 3 fully saturated rings. The predicted octanol–water partition coefficient (Wildman–Crippen LogP) is 7.02. The topological polar surface area (TPSA) is 104 Å². The van der Waals surface area contributed by atoms with E-state index in [0.29, 0.717) is 34.0 Å². The van der Waals surface area contributed by atoms with Crippen LogP contribution in [0.2, 0.25) is 5.02 Å². The predicted molar refractivity (Wildman–Crippen MR) is 190 cm³/mol. The Hall–Kier alpha value is -4.99. The van der Waals surface area contributed by atoms with E-state index in [1.165, 1.54) is 28.2 Å². The molecule has 0 unspecified atom stereocenters. The molecule has 1 saturated carbocycles. The number of hydrogen-bond donors (Lipinski definition) is 1. The maximum Gasteiger partial charge on any atom is 0.246 e. The molecule has 8 rings (SSSR count). The third-order valence-electron chi connectivity index (χ3n) is 10.9. The van der Waals surface area contributed by atoms with Gasteiger partial charge in [0, 0.05) is 15.8 Å². The zero-order valence-electron chi connectivity index (χ0n) is 27.1. The monoisotopic (exact) mass is 704 g/mol. The fourth-order valence-electron chi connectivity index (χ4n) is 8.77. The lowest BCUT2D eigenvalue weighted by Gasteiger charge is -2.49. The molecule has 6 atom stereocenters. The summed E-state index contributed by atoms with van der Waals surface area (Å²) < 4.78 is 5.36. The fourth-order valence-corrected chi connectivity index (χ4v) is 9.65. The van der Waals surface area contributed by atoms with E-state index in [1.54, 1.807) is 42.5 Å². The molecular formula is C40H33ClN2O6S. The summed E-state index contributed by atoms with van der Waals surface area (Å²) >= 11 is 7.89. The van der Waals surface area contributed by atoms with Crippen molar-refractivity contribution >= 4 is 58.3 Å². The molecule has 10 heteroatoms. The van der Waals surface area contributed by atoms with Crippen molar-refractivity contribution in [2.45, 2.75) is 24.8 Å². The molecule has 3 heterocycles. The zero-order chi connectivity index (χ0) is 34.7. The molecule has 0 spiro atoms. The van der Waals surface area contributed by atoms with Crippen LogP contribution in [0.15, 0.2) is 108 Å². The Kier molecular flexibility index (Phi) is 8.00. The first-order chi connectivity index (χ1) is 24.2. The summed E-state index contributed by atoms with van der Waals surface area (Å²) in [5.41, 5.74) is 1.32. The lowest BCUT2D eigenvalue weighted by Crippen LogP contribution is -2.54. The van der Waals surface area contributed by atoms with Crippen LogP contribution in [-0.4, -0.2) is 40.7 Å². The Morgan fingerprint density at radius 1 is 0.940 bits per heavy atom. The van der Waals surface area contributed by atoms with Gasteiger partial charge in [-0.05, 0) is 71.7 Å². The van der Waals surface area contributed by atoms with Crippen LogP contribution in [0, 0.1) is 29.6 Å². The minimum absolute atomic E-state index is 0.00511. The molecule has 8 nitrogen and oxygen atoms in total. The van der Waals surface area contributed by atoms with Gasteiger partial charge in [0.15, 0.2) is 11.5 Å². The number of halogens is 1. The van der Waals surface area contributed by atoms with Gasteiger partial charge in [0.25, 0.3) is 0 Å². The average Bonchev–Trinajstić information content (AvgIpc) is 3.79. The normalized spacial score (nSPS) is 27.4. The molecule has 252 valence electrons. The van der Waals surface area contributed by atoms with Crippen molar-refractivity contribution in [1.29, 1.82) is 0 Å². The van der Waals surface area contributed by atoms with Crippen molar-refractivity contribution < 1.29 is 29.0 Å². The number of phenolic OH excluding ortho intramolecular Hbond substituents is 1. The number of anilines is 1. The number of amides is 4. The summed E-state index contributed by atoms with van der Waals surface area (Å²) in [5.74, 6) is -3.98. The smallest absolute Gasteiger partial charge is 0.246 e. The number of carbonyl (C=O) groups is 4. The molecule has 1 aromatic heterocycles. The lowest BCUT2D eigenvalue weighted by molar-refractivity contribution is -0.141. The number of nitrogens with zero attached hydrogens (tertiary/aromatic N) is 2. The number of carbonyl (C=O) groups excluding carboxylic acids is 4. The zero-order valence-corrected chi connectivity index (χ0v) is 28.6. The molecule has 2 aliphatic carbocycles. The van der Waals surface area contributed by atoms with Gasteiger partial charge in [-0.25, -0.2) is 4.90 Å². The molecule has 4 aromatic rings. The molecular weight excluding hydrogens is 672 g/mol. The highest BCUT2D eigenvalue weighted by Crippen LogP contribution is 2.62. The Bertz CT molecular complexity index is 2100. The maximum atomic E-state index is 15.2. The van der Waals surface area contributed by atoms with Crippen molar-refractivity contribution in [3.63, 3.8) is 0 Å². The van der Waals surface area contributed by atoms with E-state index in [4.69, 9.17) is 16.3 Å². The van der Waals surface area contributed by atoms with Gasteiger partial charge in [-0.15, -0.1) is 11.3 Å². The number of aromatic hydroxyl groups is 1. The van der Waals surface area contributed by atoms with Gasteiger partial charge in [0.1, 0.15) is 0 Å². The van der Waals surface area contributed by atoms with Crippen LogP contribution < -0.4 is 9.64 Å². The Balaban J connectivity index is 1.30. The standard InChI is InChI=1S/C40H33ClN2O6S/c1-49-34-19-23(13-17-33(34)44)12-16-31-28-14-15-29-35(38(47)42(36(29)45)22-27-11-6-18-50-27)30(28)21-32-37(46)43(26-10-5-9-25(41)20-26)39(48)40(31,32)24-7-3-2-4-8-24/h2-14,16-20,29-32,35,44H,15,21-22H2,1H3/t29-,30+,31-,32-,35-,40-/m0/s1. The maximum absolute atomic E-state index is 15.2. The van der Waals surface area contributed by atoms with Crippen molar-refractivity contribution in [2.24, 2.45) is 29.6 Å². The number of phenols is 1. The molecule has 0 radical (unpaired) electrons. The lowest BCUT2D eigenvalue weighted by atomic mass is 9.50. The van der Waals surface area contributed by atoms with Crippen LogP contribution in [-0.2, 0) is 31.1 Å². The van der Waals surface area contributed by atoms with E-state index in [1.807, 2.05) is 66.1 Å². The van der Waals surface area contributed by atoms with Crippen LogP contribution in [0.25, 0.3) is 6.08 Å². The second-order valence-electron chi connectivity index (χ2n) is 13.3. The summed E-state index contributed by atoms with van der Waals surface area (Å²) in [6, 6.07) is 24.9. The highest BCUT2D eigenvalue weighted by atomic mass is 35.5. The molecule has 1 N–H and O–H groups in total. The third-order valence-corrected chi connectivity index (χ3v) is 12.0. The number of benzene rings is 3. The van der Waals surface area contributed by atoms with Gasteiger partial charge in [0.05, 0.1) is 42.5 Å². The van der Waals surface area contributed by atoms with Crippen molar-refractivity contribution in [3.8, 4) is 11.5 Å². The number of allylic oxidation sites excluding steroid dienone is 3. The molecule has 0 bridgehead atoms. The fraction of sp³-hybridized carbons (Fsp3) is 0.250. The van der Waals surface area contributed by atoms with Gasteiger partial charge < -0.3 is 9.84 Å². The summed E-state index contributed by atoms with van der Waals surface area (Å²) in [4.78, 5) is 61.7. The highest BCUT2D eigenvalue weighted by Gasteiger charge is 2.69. The number of imide groups is 2. The van der Waals surface area contributed by atoms with Gasteiger partial charge in [-0.2, -0.15) is 0 Å². The summed E-state index contributed by atoms with van der Waals surface area (Å²) in [6.45, 7) is 0.216. The number of ether oxygens (including phenoxy) is 1. The Morgan fingerprint density at radius 2 is 1.76 bits per heavy atom. The molecule has 3 aromatic carbocycles. The minimum Gasteiger partial charge on any atom is -0.504 e. The molecule has 4 amide bonds. The van der Waals surface area contributed by atoms with Crippen molar-refractivity contribution in [2.75, 3.05) is 12.0 Å². The molecule has 50 heavy (non-hydrogen) atoms. The Morgan fingerprint density at radius 3 is 2.50 bits per heavy atom. The SMILES string of the molecule is COc1cc(C=C[C@H]2C3=CC[C@@H]4C(=O)N(Cc5cccs5)C(=O)[C@@H]4[C@@H]3C[C@H]3C(=O)N(c4cccc(Cl)c4)C(=O)[C@@]23c2ccccc2)ccc1O. The molecule has 4 aliphatic rings. The van der Waals surface area contributed by atoms with E-state index >= 15 is 4.79 Å². The third kappa shape index (κ3) is 4.86. The average molecular weight is 705 g/mol. The number of fused-ring (bicyclic) bond motifs is 4. The first kappa shape index (κ1) is 32.2. The minimum atomic E-state index is -1.35. The van der Waals surface area contributed by atoms with E-state index in [-0.39, 0.29) is 42.3 Å². The number of hydrogen-bond acceptors (Lipinski definition) is 7. The second-order valence-corrected chi connectivity index (χ2v) is 14.7. The van der Waals surface area contributed by atoms with Gasteiger partial charge >= 0.3 is 0 Å². The van der Waals surface area contributed by atoms with Crippen LogP contribution in [0.5, 0.6) is 11.5 Å². The van der Waals surface area contributed by atoms with Gasteiger partial charge in [-0.1, -0.05) is 83.9 Å². The first-order valence-electron chi connectivity index (χ1n) is 16.6. The van der Waals surface area contributed by atoms with Gasteiger partial charge in [0.2, 0.25) is 23.6 Å². The van der Waals surface area contributed by atoms with Gasteiger partial charge in [-0.3, -0.25) is 24.1 Å². The van der Waals surface area contributed by atoms with E-state index < -0.39 is 35.0 Å².